The van der Waals surface area contributed by atoms with Crippen LogP contribution in [0.1, 0.15) is 57.0 Å². The maximum absolute atomic E-state index is 12.7. The predicted molar refractivity (Wildman–Crippen MR) is 84.8 cm³/mol. The molecule has 1 fully saturated rings. The molecule has 0 radical (unpaired) electrons. The van der Waals surface area contributed by atoms with E-state index in [1.54, 1.807) is 11.3 Å². The molecule has 2 rings (SSSR count). The smallest absolute Gasteiger partial charge is 0.241 e. The number of hydrogen-bond acceptors (Lipinski definition) is 3. The molecule has 0 spiro atoms. The first-order valence-corrected chi connectivity index (χ1v) is 8.22. The van der Waals surface area contributed by atoms with Crippen LogP contribution in [0.15, 0.2) is 12.1 Å². The number of carbonyl (C=O) groups excluding carboxylic acids is 1. The molecular formula is C16H26N2OS. The van der Waals surface area contributed by atoms with Gasteiger partial charge in [0, 0.05) is 15.8 Å². The molecule has 0 bridgehead atoms. The topological polar surface area (TPSA) is 32.3 Å². The van der Waals surface area contributed by atoms with Crippen LogP contribution in [0.2, 0.25) is 0 Å². The molecule has 0 aliphatic carbocycles. The quantitative estimate of drug-likeness (QED) is 0.922. The summed E-state index contributed by atoms with van der Waals surface area (Å²) in [4.78, 5) is 17.3. The van der Waals surface area contributed by atoms with E-state index in [0.717, 1.165) is 6.42 Å². The molecule has 1 aliphatic heterocycles. The molecule has 0 aromatic carbocycles. The highest BCUT2D eigenvalue weighted by atomic mass is 32.1. The summed E-state index contributed by atoms with van der Waals surface area (Å²) in [5, 5.41) is 3.51. The number of thiophene rings is 1. The third kappa shape index (κ3) is 2.77. The largest absolute Gasteiger partial charge is 0.317 e. The fourth-order valence-electron chi connectivity index (χ4n) is 2.59. The Bertz CT molecular complexity index is 489. The number of nitrogens with zero attached hydrogens (tertiary/aromatic N) is 1. The Morgan fingerprint density at radius 2 is 2.05 bits per heavy atom. The second-order valence-corrected chi connectivity index (χ2v) is 8.09. The minimum absolute atomic E-state index is 0.0281. The molecule has 0 saturated carbocycles. The van der Waals surface area contributed by atoms with Crippen LogP contribution in [0.5, 0.6) is 0 Å². The number of aryl methyl sites for hydroxylation is 1. The van der Waals surface area contributed by atoms with Crippen LogP contribution in [-0.4, -0.2) is 22.9 Å². The number of hydrogen-bond donors (Lipinski definition) is 1. The van der Waals surface area contributed by atoms with Crippen LogP contribution < -0.4 is 5.32 Å². The van der Waals surface area contributed by atoms with E-state index in [1.807, 2.05) is 0 Å². The third-order valence-corrected chi connectivity index (χ3v) is 5.35. The molecule has 1 aromatic rings. The van der Waals surface area contributed by atoms with Crippen LogP contribution in [-0.2, 0) is 4.79 Å². The molecule has 3 unspecified atom stereocenters. The molecule has 1 saturated heterocycles. The van der Waals surface area contributed by atoms with Gasteiger partial charge in [0.2, 0.25) is 5.91 Å². The number of carbonyl (C=O) groups is 1. The number of amides is 1. The minimum atomic E-state index is -0.0489. The van der Waals surface area contributed by atoms with E-state index in [0.29, 0.717) is 0 Å². The van der Waals surface area contributed by atoms with Gasteiger partial charge in [-0.15, -0.1) is 11.3 Å². The number of rotatable bonds is 3. The van der Waals surface area contributed by atoms with Gasteiger partial charge in [0.25, 0.3) is 0 Å². The summed E-state index contributed by atoms with van der Waals surface area (Å²) < 4.78 is 0. The van der Waals surface area contributed by atoms with E-state index >= 15 is 0 Å². The molecular weight excluding hydrogens is 268 g/mol. The van der Waals surface area contributed by atoms with Crippen LogP contribution >= 0.6 is 11.3 Å². The van der Waals surface area contributed by atoms with Gasteiger partial charge in [-0.3, -0.25) is 10.1 Å². The molecule has 3 atom stereocenters. The second-order valence-electron chi connectivity index (χ2n) is 6.77. The Labute approximate surface area is 126 Å². The van der Waals surface area contributed by atoms with Crippen LogP contribution in [0.25, 0.3) is 0 Å². The van der Waals surface area contributed by atoms with E-state index in [-0.39, 0.29) is 29.6 Å². The lowest BCUT2D eigenvalue weighted by Crippen LogP contribution is -2.45. The van der Waals surface area contributed by atoms with E-state index in [2.05, 4.69) is 63.9 Å². The third-order valence-electron chi connectivity index (χ3n) is 4.30. The maximum Gasteiger partial charge on any atom is 0.241 e. The van der Waals surface area contributed by atoms with Crippen LogP contribution in [0, 0.1) is 12.3 Å². The highest BCUT2D eigenvalue weighted by Gasteiger charge is 2.44. The van der Waals surface area contributed by atoms with Crippen LogP contribution in [0.4, 0.5) is 0 Å². The second kappa shape index (κ2) is 5.49. The van der Waals surface area contributed by atoms with Gasteiger partial charge in [0.1, 0.15) is 6.17 Å². The van der Waals surface area contributed by atoms with Gasteiger partial charge in [-0.25, -0.2) is 0 Å². The summed E-state index contributed by atoms with van der Waals surface area (Å²) >= 11 is 1.77. The molecule has 1 amide bonds. The maximum atomic E-state index is 12.7. The Balaban J connectivity index is 2.35. The van der Waals surface area contributed by atoms with Crippen molar-refractivity contribution in [3.05, 3.63) is 21.9 Å². The monoisotopic (exact) mass is 294 g/mol. The predicted octanol–water partition coefficient (Wildman–Crippen LogP) is 3.70. The first-order valence-electron chi connectivity index (χ1n) is 7.40. The zero-order chi connectivity index (χ0) is 15.1. The van der Waals surface area contributed by atoms with E-state index < -0.39 is 0 Å². The standard InChI is InChI=1S/C16H26N2OS/c1-7-12-15(19)18(11(3)16(4,5)6)14(17-12)13-9-8-10(2)20-13/h8-9,11-12,14,17H,7H2,1-6H3. The Morgan fingerprint density at radius 3 is 2.50 bits per heavy atom. The van der Waals surface area contributed by atoms with E-state index in [9.17, 15) is 4.79 Å². The normalized spacial score (nSPS) is 25.3. The van der Waals surface area contributed by atoms with Gasteiger partial charge in [-0.2, -0.15) is 0 Å². The highest BCUT2D eigenvalue weighted by molar-refractivity contribution is 7.12. The fourth-order valence-corrected chi connectivity index (χ4v) is 3.53. The lowest BCUT2D eigenvalue weighted by Gasteiger charge is -2.38. The summed E-state index contributed by atoms with van der Waals surface area (Å²) in [7, 11) is 0. The molecule has 1 N–H and O–H groups in total. The molecule has 1 aliphatic rings. The van der Waals surface area contributed by atoms with E-state index in [4.69, 9.17) is 0 Å². The Morgan fingerprint density at radius 1 is 1.40 bits per heavy atom. The summed E-state index contributed by atoms with van der Waals surface area (Å²) in [6.45, 7) is 12.9. The summed E-state index contributed by atoms with van der Waals surface area (Å²) in [5.41, 5.74) is 0.0739. The Hall–Kier alpha value is -0.870. The molecule has 4 heteroatoms. The van der Waals surface area contributed by atoms with E-state index in [1.165, 1.54) is 9.75 Å². The summed E-state index contributed by atoms with van der Waals surface area (Å²) in [6.07, 6.45) is 0.868. The molecule has 3 nitrogen and oxygen atoms in total. The van der Waals surface area contributed by atoms with Gasteiger partial charge < -0.3 is 4.90 Å². The molecule has 112 valence electrons. The van der Waals surface area contributed by atoms with Gasteiger partial charge in [0.15, 0.2) is 0 Å². The van der Waals surface area contributed by atoms with Crippen molar-refractivity contribution in [2.45, 2.75) is 66.2 Å². The summed E-state index contributed by atoms with van der Waals surface area (Å²) in [6, 6.07) is 4.43. The molecule has 2 heterocycles. The van der Waals surface area contributed by atoms with Gasteiger partial charge in [0.05, 0.1) is 6.04 Å². The van der Waals surface area contributed by atoms with Crippen molar-refractivity contribution < 1.29 is 4.79 Å². The Kier molecular flexibility index (Phi) is 4.26. The minimum Gasteiger partial charge on any atom is -0.317 e. The van der Waals surface area contributed by atoms with Gasteiger partial charge in [-0.05, 0) is 37.8 Å². The average molecular weight is 294 g/mol. The van der Waals surface area contributed by atoms with Crippen molar-refractivity contribution >= 4 is 17.2 Å². The first kappa shape index (κ1) is 15.5. The fraction of sp³-hybridized carbons (Fsp3) is 0.688. The van der Waals surface area contributed by atoms with Crippen LogP contribution in [0.3, 0.4) is 0 Å². The van der Waals surface area contributed by atoms with Crippen molar-refractivity contribution in [3.63, 3.8) is 0 Å². The van der Waals surface area contributed by atoms with Crippen molar-refractivity contribution in [2.75, 3.05) is 0 Å². The highest BCUT2D eigenvalue weighted by Crippen LogP contribution is 2.37. The zero-order valence-electron chi connectivity index (χ0n) is 13.4. The lowest BCUT2D eigenvalue weighted by atomic mass is 9.86. The van der Waals surface area contributed by atoms with Crippen molar-refractivity contribution in [1.29, 1.82) is 0 Å². The lowest BCUT2D eigenvalue weighted by molar-refractivity contribution is -0.134. The van der Waals surface area contributed by atoms with Crippen molar-refractivity contribution in [1.82, 2.24) is 10.2 Å². The molecule has 1 aromatic heterocycles. The SMILES string of the molecule is CCC1NC(c2ccc(C)s2)N(C(C)C(C)(C)C)C1=O. The van der Waals surface area contributed by atoms with Crippen molar-refractivity contribution in [2.24, 2.45) is 5.41 Å². The average Bonchev–Trinajstić information content (AvgIpc) is 2.91. The summed E-state index contributed by atoms with van der Waals surface area (Å²) in [5.74, 6) is 0.242. The number of nitrogens with one attached hydrogen (secondary N) is 1. The van der Waals surface area contributed by atoms with Gasteiger partial charge >= 0.3 is 0 Å². The van der Waals surface area contributed by atoms with Crippen molar-refractivity contribution in [3.8, 4) is 0 Å². The molecule has 20 heavy (non-hydrogen) atoms. The zero-order valence-corrected chi connectivity index (χ0v) is 14.2. The van der Waals surface area contributed by atoms with Gasteiger partial charge in [-0.1, -0.05) is 27.7 Å². The first-order chi connectivity index (χ1) is 9.25.